The first kappa shape index (κ1) is 8.10. The van der Waals surface area contributed by atoms with Crippen LogP contribution >= 0.6 is 0 Å². The van der Waals surface area contributed by atoms with E-state index in [1.54, 1.807) is 6.08 Å². The van der Waals surface area contributed by atoms with E-state index in [0.29, 0.717) is 12.1 Å². The molecule has 0 saturated carbocycles. The fourth-order valence-electron chi connectivity index (χ4n) is 1.07. The number of nitrogens with two attached hydrogens (primary N) is 3. The van der Waals surface area contributed by atoms with E-state index in [-0.39, 0.29) is 0 Å². The zero-order valence-corrected chi connectivity index (χ0v) is 6.59. The van der Waals surface area contributed by atoms with Gasteiger partial charge in [0.05, 0.1) is 17.1 Å². The van der Waals surface area contributed by atoms with Crippen molar-refractivity contribution >= 4 is 0 Å². The van der Waals surface area contributed by atoms with Crippen molar-refractivity contribution in [3.05, 3.63) is 23.5 Å². The Morgan fingerprint density at radius 2 is 2.18 bits per heavy atom. The molecular weight excluding hydrogens is 140 g/mol. The maximum absolute atomic E-state index is 5.64. The van der Waals surface area contributed by atoms with Gasteiger partial charge in [-0.3, -0.25) is 0 Å². The van der Waals surface area contributed by atoms with Crippen LogP contribution < -0.4 is 22.5 Å². The van der Waals surface area contributed by atoms with Crippen LogP contribution in [0.3, 0.4) is 0 Å². The second-order valence-corrected chi connectivity index (χ2v) is 2.78. The van der Waals surface area contributed by atoms with E-state index >= 15 is 0 Å². The molecule has 0 heterocycles. The molecular formula is C7H14N4. The monoisotopic (exact) mass is 154 g/mol. The van der Waals surface area contributed by atoms with Gasteiger partial charge in [-0.05, 0) is 6.08 Å². The Morgan fingerprint density at radius 1 is 1.55 bits per heavy atom. The molecule has 0 aromatic heterocycles. The molecule has 0 saturated heterocycles. The topological polar surface area (TPSA) is 90.1 Å². The molecule has 0 radical (unpaired) electrons. The van der Waals surface area contributed by atoms with Crippen LogP contribution in [0.1, 0.15) is 6.42 Å². The van der Waals surface area contributed by atoms with Crippen molar-refractivity contribution in [1.29, 1.82) is 0 Å². The normalized spacial score (nSPS) is 22.1. The number of nitrogens with one attached hydrogen (secondary N) is 1. The van der Waals surface area contributed by atoms with Crippen LogP contribution in [-0.2, 0) is 0 Å². The second-order valence-electron chi connectivity index (χ2n) is 2.78. The van der Waals surface area contributed by atoms with Crippen molar-refractivity contribution in [2.45, 2.75) is 12.1 Å². The predicted molar refractivity (Wildman–Crippen MR) is 45.1 cm³/mol. The fraction of sp³-hybridized carbons (Fsp3) is 0.429. The Morgan fingerprint density at radius 3 is 2.64 bits per heavy atom. The molecule has 11 heavy (non-hydrogen) atoms. The molecule has 7 N–H and O–H groups in total. The Labute approximate surface area is 66.1 Å². The molecule has 0 spiro atoms. The number of likely N-dealkylation sites (N-methyl/N-ethyl adjacent to an activating group) is 1. The molecule has 0 fully saturated rings. The lowest BCUT2D eigenvalue weighted by molar-refractivity contribution is 0.545. The minimum atomic E-state index is -0.773. The summed E-state index contributed by atoms with van der Waals surface area (Å²) in [5.74, 6) is 0. The Kier molecular flexibility index (Phi) is 1.89. The maximum Gasteiger partial charge on any atom is 0.0888 e. The summed E-state index contributed by atoms with van der Waals surface area (Å²) in [5, 5.41) is 2.95. The lowest BCUT2D eigenvalue weighted by Gasteiger charge is -2.25. The summed E-state index contributed by atoms with van der Waals surface area (Å²) in [4.78, 5) is 0. The van der Waals surface area contributed by atoms with Crippen LogP contribution in [0.5, 0.6) is 0 Å². The average molecular weight is 154 g/mol. The van der Waals surface area contributed by atoms with E-state index in [4.69, 9.17) is 17.2 Å². The van der Waals surface area contributed by atoms with Gasteiger partial charge in [-0.1, -0.05) is 6.08 Å². The summed E-state index contributed by atoms with van der Waals surface area (Å²) >= 11 is 0. The first-order chi connectivity index (χ1) is 5.05. The molecule has 1 aliphatic carbocycles. The molecule has 0 aromatic rings. The average Bonchev–Trinajstić information content (AvgIpc) is 1.86. The van der Waals surface area contributed by atoms with Gasteiger partial charge < -0.3 is 22.5 Å². The Balaban J connectivity index is 2.82. The minimum Gasteiger partial charge on any atom is -0.397 e. The first-order valence-electron chi connectivity index (χ1n) is 3.49. The van der Waals surface area contributed by atoms with E-state index in [0.717, 1.165) is 5.70 Å². The summed E-state index contributed by atoms with van der Waals surface area (Å²) in [6, 6.07) is 0. The van der Waals surface area contributed by atoms with Crippen molar-refractivity contribution in [3.8, 4) is 0 Å². The highest BCUT2D eigenvalue weighted by Crippen LogP contribution is 2.15. The zero-order chi connectivity index (χ0) is 8.48. The van der Waals surface area contributed by atoms with Gasteiger partial charge in [0.25, 0.3) is 0 Å². The van der Waals surface area contributed by atoms with Crippen LogP contribution in [0.4, 0.5) is 0 Å². The van der Waals surface area contributed by atoms with E-state index in [1.807, 2.05) is 13.1 Å². The largest absolute Gasteiger partial charge is 0.397 e. The van der Waals surface area contributed by atoms with Gasteiger partial charge in [-0.15, -0.1) is 0 Å². The molecule has 0 aromatic carbocycles. The van der Waals surface area contributed by atoms with Gasteiger partial charge in [0.2, 0.25) is 0 Å². The summed E-state index contributed by atoms with van der Waals surface area (Å²) in [5.41, 5.74) is 17.6. The Bertz CT molecular complexity index is 214. The van der Waals surface area contributed by atoms with Crippen molar-refractivity contribution in [2.75, 3.05) is 7.05 Å². The summed E-state index contributed by atoms with van der Waals surface area (Å²) in [6.45, 7) is 0. The van der Waals surface area contributed by atoms with Crippen molar-refractivity contribution in [3.63, 3.8) is 0 Å². The molecule has 0 amide bonds. The quantitative estimate of drug-likeness (QED) is 0.363. The zero-order valence-electron chi connectivity index (χ0n) is 6.59. The van der Waals surface area contributed by atoms with Crippen LogP contribution in [0.2, 0.25) is 0 Å². The van der Waals surface area contributed by atoms with Crippen LogP contribution in [0.15, 0.2) is 23.5 Å². The summed E-state index contributed by atoms with van der Waals surface area (Å²) in [6.07, 6.45) is 4.18. The van der Waals surface area contributed by atoms with E-state index in [1.165, 1.54) is 0 Å². The molecule has 1 rings (SSSR count). The predicted octanol–water partition coefficient (Wildman–Crippen LogP) is -1.05. The van der Waals surface area contributed by atoms with Gasteiger partial charge in [0, 0.05) is 13.5 Å². The highest BCUT2D eigenvalue weighted by atomic mass is 15.0. The third-order valence-corrected chi connectivity index (χ3v) is 1.66. The van der Waals surface area contributed by atoms with Crippen molar-refractivity contribution in [1.82, 2.24) is 5.32 Å². The smallest absolute Gasteiger partial charge is 0.0888 e. The second kappa shape index (κ2) is 2.56. The lowest BCUT2D eigenvalue weighted by Crippen LogP contribution is -2.49. The van der Waals surface area contributed by atoms with Gasteiger partial charge in [-0.25, -0.2) is 0 Å². The lowest BCUT2D eigenvalue weighted by atomic mass is 10.00. The minimum absolute atomic E-state index is 0.615. The SMILES string of the molecule is CNC1=CCC(N)(N)C=C1N. The molecule has 0 aliphatic heterocycles. The summed E-state index contributed by atoms with van der Waals surface area (Å²) < 4.78 is 0. The number of rotatable bonds is 1. The molecule has 0 atom stereocenters. The van der Waals surface area contributed by atoms with Crippen LogP contribution in [0, 0.1) is 0 Å². The van der Waals surface area contributed by atoms with Gasteiger partial charge in [0.15, 0.2) is 0 Å². The molecule has 1 aliphatic rings. The van der Waals surface area contributed by atoms with E-state index in [9.17, 15) is 0 Å². The van der Waals surface area contributed by atoms with Gasteiger partial charge in [0.1, 0.15) is 0 Å². The highest BCUT2D eigenvalue weighted by molar-refractivity contribution is 5.33. The third-order valence-electron chi connectivity index (χ3n) is 1.66. The first-order valence-corrected chi connectivity index (χ1v) is 3.49. The molecule has 0 bridgehead atoms. The number of hydrogen-bond acceptors (Lipinski definition) is 4. The van der Waals surface area contributed by atoms with Crippen LogP contribution in [-0.4, -0.2) is 12.7 Å². The summed E-state index contributed by atoms with van der Waals surface area (Å²) in [7, 11) is 1.81. The highest BCUT2D eigenvalue weighted by Gasteiger charge is 2.20. The molecule has 4 nitrogen and oxygen atoms in total. The molecule has 62 valence electrons. The van der Waals surface area contributed by atoms with Crippen molar-refractivity contribution < 1.29 is 0 Å². The van der Waals surface area contributed by atoms with E-state index < -0.39 is 5.66 Å². The molecule has 0 unspecified atom stereocenters. The van der Waals surface area contributed by atoms with E-state index in [2.05, 4.69) is 5.32 Å². The van der Waals surface area contributed by atoms with Gasteiger partial charge >= 0.3 is 0 Å². The molecule has 4 heteroatoms. The standard InChI is InChI=1S/C7H14N4/c1-11-6-2-3-7(9,10)4-5(6)8/h2,4,11H,3,8-10H2,1H3. The maximum atomic E-state index is 5.64. The van der Waals surface area contributed by atoms with Crippen molar-refractivity contribution in [2.24, 2.45) is 17.2 Å². The van der Waals surface area contributed by atoms with Crippen LogP contribution in [0.25, 0.3) is 0 Å². The number of hydrogen-bond donors (Lipinski definition) is 4. The Hall–Kier alpha value is -1.00. The third kappa shape index (κ3) is 1.72. The fourth-order valence-corrected chi connectivity index (χ4v) is 1.07. The van der Waals surface area contributed by atoms with Gasteiger partial charge in [-0.2, -0.15) is 0 Å².